The lowest BCUT2D eigenvalue weighted by Crippen LogP contribution is -2.43. The molecule has 0 unspecified atom stereocenters. The third-order valence-electron chi connectivity index (χ3n) is 3.07. The van der Waals surface area contributed by atoms with Gasteiger partial charge in [-0.3, -0.25) is 4.79 Å². The van der Waals surface area contributed by atoms with Gasteiger partial charge in [-0.05, 0) is 38.8 Å². The number of hydrogen-bond donors (Lipinski definition) is 1. The Kier molecular flexibility index (Phi) is 5.20. The van der Waals surface area contributed by atoms with Crippen LogP contribution in [0.5, 0.6) is 5.75 Å². The highest BCUT2D eigenvalue weighted by molar-refractivity contribution is 5.81. The van der Waals surface area contributed by atoms with E-state index in [1.807, 2.05) is 38.1 Å². The van der Waals surface area contributed by atoms with Gasteiger partial charge in [-0.2, -0.15) is 0 Å². The van der Waals surface area contributed by atoms with E-state index in [1.165, 1.54) is 5.56 Å². The molecule has 1 aromatic rings. The summed E-state index contributed by atoms with van der Waals surface area (Å²) in [6, 6.07) is 7.85. The molecule has 18 heavy (non-hydrogen) atoms. The molecule has 0 heterocycles. The van der Waals surface area contributed by atoms with E-state index < -0.39 is 6.10 Å². The molecule has 2 atom stereocenters. The van der Waals surface area contributed by atoms with Crippen molar-refractivity contribution in [2.24, 2.45) is 5.92 Å². The first-order chi connectivity index (χ1) is 8.40. The fourth-order valence-corrected chi connectivity index (χ4v) is 1.38. The molecule has 1 N–H and O–H groups in total. The zero-order valence-electron chi connectivity index (χ0n) is 11.9. The van der Waals surface area contributed by atoms with Gasteiger partial charge in [0.2, 0.25) is 0 Å². The smallest absolute Gasteiger partial charge is 0.260 e. The molecule has 3 heteroatoms. The molecular formula is C15H23NO2. The Labute approximate surface area is 110 Å². The second-order valence-electron chi connectivity index (χ2n) is 5.11. The third kappa shape index (κ3) is 4.40. The van der Waals surface area contributed by atoms with Gasteiger partial charge >= 0.3 is 0 Å². The van der Waals surface area contributed by atoms with Crippen molar-refractivity contribution in [2.45, 2.75) is 46.8 Å². The lowest BCUT2D eigenvalue weighted by Gasteiger charge is -2.21. The minimum absolute atomic E-state index is 0.0724. The van der Waals surface area contributed by atoms with E-state index in [0.717, 1.165) is 5.75 Å². The van der Waals surface area contributed by atoms with Crippen LogP contribution in [0.3, 0.4) is 0 Å². The van der Waals surface area contributed by atoms with Crippen molar-refractivity contribution in [3.63, 3.8) is 0 Å². The molecule has 1 rings (SSSR count). The molecule has 0 aromatic heterocycles. The maximum Gasteiger partial charge on any atom is 0.260 e. The maximum absolute atomic E-state index is 11.9. The topological polar surface area (TPSA) is 38.3 Å². The van der Waals surface area contributed by atoms with Crippen LogP contribution in [0.2, 0.25) is 0 Å². The quantitative estimate of drug-likeness (QED) is 0.871. The number of carbonyl (C=O) groups excluding carboxylic acids is 1. The number of carbonyl (C=O) groups is 1. The Morgan fingerprint density at radius 2 is 1.67 bits per heavy atom. The van der Waals surface area contributed by atoms with E-state index in [1.54, 1.807) is 6.92 Å². The first kappa shape index (κ1) is 14.6. The third-order valence-corrected chi connectivity index (χ3v) is 3.07. The minimum Gasteiger partial charge on any atom is -0.481 e. The van der Waals surface area contributed by atoms with E-state index in [9.17, 15) is 4.79 Å². The molecular weight excluding hydrogens is 226 g/mol. The van der Waals surface area contributed by atoms with Gasteiger partial charge < -0.3 is 10.1 Å². The van der Waals surface area contributed by atoms with Gasteiger partial charge in [0.1, 0.15) is 5.75 Å². The van der Waals surface area contributed by atoms with E-state index in [0.29, 0.717) is 5.92 Å². The summed E-state index contributed by atoms with van der Waals surface area (Å²) >= 11 is 0. The van der Waals surface area contributed by atoms with Gasteiger partial charge in [0, 0.05) is 6.04 Å². The van der Waals surface area contributed by atoms with Crippen molar-refractivity contribution < 1.29 is 9.53 Å². The number of hydrogen-bond acceptors (Lipinski definition) is 2. The van der Waals surface area contributed by atoms with Crippen molar-refractivity contribution in [3.05, 3.63) is 29.8 Å². The van der Waals surface area contributed by atoms with Crippen LogP contribution in [0.4, 0.5) is 0 Å². The van der Waals surface area contributed by atoms with Gasteiger partial charge in [0.25, 0.3) is 5.91 Å². The highest BCUT2D eigenvalue weighted by Gasteiger charge is 2.18. The van der Waals surface area contributed by atoms with Crippen LogP contribution < -0.4 is 10.1 Å². The summed E-state index contributed by atoms with van der Waals surface area (Å²) in [5.41, 5.74) is 1.17. The number of amides is 1. The maximum atomic E-state index is 11.9. The fourth-order valence-electron chi connectivity index (χ4n) is 1.38. The molecule has 0 saturated carbocycles. The summed E-state index contributed by atoms with van der Waals surface area (Å²) in [6.07, 6.45) is -0.478. The molecule has 0 aliphatic heterocycles. The Hall–Kier alpha value is -1.51. The Balaban J connectivity index is 2.52. The average molecular weight is 249 g/mol. The molecule has 0 aliphatic rings. The van der Waals surface area contributed by atoms with E-state index in [2.05, 4.69) is 19.2 Å². The predicted molar refractivity (Wildman–Crippen MR) is 73.7 cm³/mol. The number of benzene rings is 1. The highest BCUT2D eigenvalue weighted by atomic mass is 16.5. The summed E-state index contributed by atoms with van der Waals surface area (Å²) < 4.78 is 5.60. The number of ether oxygens (including phenoxy) is 1. The first-order valence-corrected chi connectivity index (χ1v) is 6.44. The molecule has 0 radical (unpaired) electrons. The zero-order chi connectivity index (χ0) is 13.7. The van der Waals surface area contributed by atoms with Crippen molar-refractivity contribution in [3.8, 4) is 5.75 Å². The van der Waals surface area contributed by atoms with Crippen molar-refractivity contribution >= 4 is 5.91 Å². The van der Waals surface area contributed by atoms with Gasteiger partial charge in [-0.25, -0.2) is 0 Å². The van der Waals surface area contributed by atoms with Crippen LogP contribution in [0.1, 0.15) is 33.3 Å². The molecule has 0 spiro atoms. The number of rotatable bonds is 5. The summed E-state index contributed by atoms with van der Waals surface area (Å²) in [5, 5.41) is 2.95. The van der Waals surface area contributed by atoms with Crippen LogP contribution in [-0.4, -0.2) is 18.1 Å². The Bertz CT molecular complexity index is 384. The van der Waals surface area contributed by atoms with Crippen molar-refractivity contribution in [1.82, 2.24) is 5.32 Å². The second-order valence-corrected chi connectivity index (χ2v) is 5.11. The van der Waals surface area contributed by atoms with Crippen LogP contribution in [0.25, 0.3) is 0 Å². The van der Waals surface area contributed by atoms with Crippen molar-refractivity contribution in [2.75, 3.05) is 0 Å². The second kappa shape index (κ2) is 6.43. The minimum atomic E-state index is -0.478. The van der Waals surface area contributed by atoms with Crippen LogP contribution >= 0.6 is 0 Å². The molecule has 1 aromatic carbocycles. The predicted octanol–water partition coefficient (Wildman–Crippen LogP) is 2.92. The van der Waals surface area contributed by atoms with Gasteiger partial charge in [0.05, 0.1) is 0 Å². The zero-order valence-corrected chi connectivity index (χ0v) is 11.9. The van der Waals surface area contributed by atoms with E-state index in [-0.39, 0.29) is 11.9 Å². The molecule has 0 fully saturated rings. The lowest BCUT2D eigenvalue weighted by atomic mass is 10.1. The largest absolute Gasteiger partial charge is 0.481 e. The fraction of sp³-hybridized carbons (Fsp3) is 0.533. The highest BCUT2D eigenvalue weighted by Crippen LogP contribution is 2.13. The molecule has 100 valence electrons. The standard InChI is InChI=1S/C15H23NO2/c1-10(2)12(4)16-15(17)13(5)18-14-8-6-11(3)7-9-14/h6-10,12-13H,1-5H3,(H,16,17)/t12-,13-/m0/s1. The Morgan fingerprint density at radius 3 is 2.17 bits per heavy atom. The summed E-state index contributed by atoms with van der Waals surface area (Å²) in [7, 11) is 0. The number of aryl methyl sites for hydroxylation is 1. The van der Waals surface area contributed by atoms with Gasteiger partial charge in [0.15, 0.2) is 6.10 Å². The normalized spacial score (nSPS) is 14.1. The lowest BCUT2D eigenvalue weighted by molar-refractivity contribution is -0.128. The summed E-state index contributed by atoms with van der Waals surface area (Å²) in [5.74, 6) is 1.07. The summed E-state index contributed by atoms with van der Waals surface area (Å²) in [6.45, 7) is 9.94. The molecule has 1 amide bonds. The van der Waals surface area contributed by atoms with E-state index >= 15 is 0 Å². The molecule has 0 aliphatic carbocycles. The first-order valence-electron chi connectivity index (χ1n) is 6.44. The van der Waals surface area contributed by atoms with E-state index in [4.69, 9.17) is 4.74 Å². The van der Waals surface area contributed by atoms with Crippen LogP contribution in [0.15, 0.2) is 24.3 Å². The summed E-state index contributed by atoms with van der Waals surface area (Å²) in [4.78, 5) is 11.9. The monoisotopic (exact) mass is 249 g/mol. The van der Waals surface area contributed by atoms with Gasteiger partial charge in [-0.1, -0.05) is 31.5 Å². The average Bonchev–Trinajstić information content (AvgIpc) is 2.31. The number of nitrogens with one attached hydrogen (secondary N) is 1. The molecule has 3 nitrogen and oxygen atoms in total. The van der Waals surface area contributed by atoms with Crippen LogP contribution in [0, 0.1) is 12.8 Å². The van der Waals surface area contributed by atoms with Gasteiger partial charge in [-0.15, -0.1) is 0 Å². The Morgan fingerprint density at radius 1 is 1.11 bits per heavy atom. The molecule has 0 saturated heterocycles. The van der Waals surface area contributed by atoms with Crippen LogP contribution in [-0.2, 0) is 4.79 Å². The molecule has 0 bridgehead atoms. The SMILES string of the molecule is Cc1ccc(O[C@@H](C)C(=O)N[C@@H](C)C(C)C)cc1. The van der Waals surface area contributed by atoms with Crippen molar-refractivity contribution in [1.29, 1.82) is 0 Å².